The zero-order valence-corrected chi connectivity index (χ0v) is 15.4. The Labute approximate surface area is 130 Å². The Bertz CT molecular complexity index is 450. The van der Waals surface area contributed by atoms with Crippen LogP contribution in [0.5, 0.6) is 0 Å². The predicted molar refractivity (Wildman–Crippen MR) is 89.6 cm³/mol. The van der Waals surface area contributed by atoms with Gasteiger partial charge >= 0.3 is 0 Å². The molecule has 0 fully saturated rings. The summed E-state index contributed by atoms with van der Waals surface area (Å²) in [6.45, 7) is 13.2. The standard InChI is InChI=1S/C17H28O3Si/c1-8-21(9-2,10-3)20-17(6,7)13-11-12-16(14(4)18)15(5)19/h12H,8-10H2,1-7H3. The van der Waals surface area contributed by atoms with Crippen LogP contribution < -0.4 is 0 Å². The Kier molecular flexibility index (Phi) is 7.84. The highest BCUT2D eigenvalue weighted by Gasteiger charge is 2.34. The van der Waals surface area contributed by atoms with E-state index in [9.17, 15) is 9.59 Å². The van der Waals surface area contributed by atoms with Crippen molar-refractivity contribution in [2.45, 2.75) is 72.2 Å². The van der Waals surface area contributed by atoms with Crippen LogP contribution in [0.4, 0.5) is 0 Å². The number of carbonyl (C=O) groups excluding carboxylic acids is 2. The van der Waals surface area contributed by atoms with Gasteiger partial charge in [-0.3, -0.25) is 9.59 Å². The molecule has 0 aromatic rings. The Balaban J connectivity index is 5.23. The first-order valence-corrected chi connectivity index (χ1v) is 10.1. The first-order chi connectivity index (χ1) is 9.63. The van der Waals surface area contributed by atoms with Gasteiger partial charge < -0.3 is 4.43 Å². The van der Waals surface area contributed by atoms with Crippen molar-refractivity contribution in [1.82, 2.24) is 0 Å². The molecule has 0 aromatic carbocycles. The fourth-order valence-electron chi connectivity index (χ4n) is 2.27. The zero-order chi connectivity index (χ0) is 16.7. The molecule has 0 heterocycles. The number of hydrogen-bond donors (Lipinski definition) is 0. The van der Waals surface area contributed by atoms with E-state index in [-0.39, 0.29) is 17.1 Å². The second kappa shape index (κ2) is 8.31. The van der Waals surface area contributed by atoms with Crippen LogP contribution in [0.2, 0.25) is 18.1 Å². The summed E-state index contributed by atoms with van der Waals surface area (Å²) in [7, 11) is -1.73. The fourth-order valence-corrected chi connectivity index (χ4v) is 5.33. The van der Waals surface area contributed by atoms with Gasteiger partial charge in [-0.1, -0.05) is 32.6 Å². The third kappa shape index (κ3) is 6.41. The Morgan fingerprint density at radius 3 is 1.81 bits per heavy atom. The molecule has 0 aromatic heterocycles. The van der Waals surface area contributed by atoms with Gasteiger partial charge in [0.2, 0.25) is 0 Å². The molecule has 0 rings (SSSR count). The fraction of sp³-hybridized carbons (Fsp3) is 0.647. The van der Waals surface area contributed by atoms with E-state index in [0.717, 1.165) is 18.1 Å². The van der Waals surface area contributed by atoms with Gasteiger partial charge in [-0.2, -0.15) is 0 Å². The minimum atomic E-state index is -1.73. The maximum Gasteiger partial charge on any atom is 0.194 e. The van der Waals surface area contributed by atoms with Gasteiger partial charge in [0.05, 0.1) is 5.57 Å². The van der Waals surface area contributed by atoms with Gasteiger partial charge in [-0.05, 0) is 45.8 Å². The Morgan fingerprint density at radius 1 is 1.05 bits per heavy atom. The van der Waals surface area contributed by atoms with Crippen molar-refractivity contribution in [1.29, 1.82) is 0 Å². The summed E-state index contributed by atoms with van der Waals surface area (Å²) in [4.78, 5) is 22.7. The average Bonchev–Trinajstić information content (AvgIpc) is 2.40. The highest BCUT2D eigenvalue weighted by atomic mass is 28.4. The van der Waals surface area contributed by atoms with Crippen molar-refractivity contribution in [2.24, 2.45) is 0 Å². The Hall–Kier alpha value is -1.18. The molecule has 0 aliphatic rings. The molecule has 0 radical (unpaired) electrons. The van der Waals surface area contributed by atoms with Crippen LogP contribution in [0.15, 0.2) is 11.6 Å². The van der Waals surface area contributed by atoms with Crippen molar-refractivity contribution >= 4 is 19.9 Å². The van der Waals surface area contributed by atoms with Gasteiger partial charge in [0.1, 0.15) is 5.60 Å². The van der Waals surface area contributed by atoms with E-state index < -0.39 is 13.9 Å². The predicted octanol–water partition coefficient (Wildman–Crippen LogP) is 3.89. The number of hydrogen-bond acceptors (Lipinski definition) is 3. The second-order valence-electron chi connectivity index (χ2n) is 5.80. The minimum Gasteiger partial charge on any atom is -0.401 e. The largest absolute Gasteiger partial charge is 0.401 e. The molecule has 0 saturated carbocycles. The molecule has 0 atom stereocenters. The summed E-state index contributed by atoms with van der Waals surface area (Å²) in [5.41, 5.74) is -0.424. The van der Waals surface area contributed by atoms with Crippen molar-refractivity contribution in [3.63, 3.8) is 0 Å². The van der Waals surface area contributed by atoms with Crippen LogP contribution in [0, 0.1) is 11.8 Å². The second-order valence-corrected chi connectivity index (χ2v) is 10.5. The monoisotopic (exact) mass is 308 g/mol. The lowest BCUT2D eigenvalue weighted by atomic mass is 10.1. The van der Waals surface area contributed by atoms with Crippen molar-refractivity contribution < 1.29 is 14.0 Å². The van der Waals surface area contributed by atoms with E-state index in [2.05, 4.69) is 32.6 Å². The Morgan fingerprint density at radius 2 is 1.48 bits per heavy atom. The lowest BCUT2D eigenvalue weighted by Crippen LogP contribution is -2.43. The number of allylic oxidation sites excluding steroid dienone is 2. The first kappa shape index (κ1) is 19.8. The van der Waals surface area contributed by atoms with Gasteiger partial charge in [0.25, 0.3) is 0 Å². The SMILES string of the molecule is CC[Si](CC)(CC)OC(C)(C)C#CC=C(C(C)=O)C(C)=O. The van der Waals surface area contributed by atoms with E-state index in [0.29, 0.717) is 0 Å². The molecule has 0 bridgehead atoms. The van der Waals surface area contributed by atoms with Gasteiger partial charge in [0, 0.05) is 6.08 Å². The van der Waals surface area contributed by atoms with E-state index in [1.807, 2.05) is 13.8 Å². The summed E-state index contributed by atoms with van der Waals surface area (Å²) in [6.07, 6.45) is 1.41. The lowest BCUT2D eigenvalue weighted by molar-refractivity contribution is -0.119. The quantitative estimate of drug-likeness (QED) is 0.235. The molecule has 3 nitrogen and oxygen atoms in total. The number of rotatable bonds is 7. The van der Waals surface area contributed by atoms with Crippen LogP contribution in [-0.4, -0.2) is 25.5 Å². The van der Waals surface area contributed by atoms with Gasteiger partial charge in [-0.15, -0.1) is 0 Å². The number of ketones is 2. The molecule has 0 aliphatic carbocycles. The summed E-state index contributed by atoms with van der Waals surface area (Å²) >= 11 is 0. The number of Topliss-reactive ketones (excluding diaryl/α,β-unsaturated/α-hetero) is 2. The van der Waals surface area contributed by atoms with Crippen LogP contribution in [-0.2, 0) is 14.0 Å². The summed E-state index contributed by atoms with van der Waals surface area (Å²) in [5, 5.41) is 0. The van der Waals surface area contributed by atoms with Gasteiger partial charge in [0.15, 0.2) is 19.9 Å². The molecule has 21 heavy (non-hydrogen) atoms. The van der Waals surface area contributed by atoms with Crippen LogP contribution in [0.1, 0.15) is 48.5 Å². The van der Waals surface area contributed by atoms with Crippen LogP contribution in [0.25, 0.3) is 0 Å². The third-order valence-corrected chi connectivity index (χ3v) is 8.56. The maximum atomic E-state index is 11.3. The molecule has 0 spiro atoms. The molecule has 0 unspecified atom stereocenters. The normalized spacial score (nSPS) is 11.4. The maximum absolute atomic E-state index is 11.3. The van der Waals surface area contributed by atoms with E-state index in [1.165, 1.54) is 19.9 Å². The van der Waals surface area contributed by atoms with Crippen molar-refractivity contribution in [2.75, 3.05) is 0 Å². The number of carbonyl (C=O) groups is 2. The third-order valence-electron chi connectivity index (χ3n) is 3.75. The lowest BCUT2D eigenvalue weighted by Gasteiger charge is -2.35. The average molecular weight is 308 g/mol. The van der Waals surface area contributed by atoms with E-state index in [1.54, 1.807) is 0 Å². The molecule has 0 aliphatic heterocycles. The first-order valence-electron chi connectivity index (χ1n) is 7.58. The van der Waals surface area contributed by atoms with E-state index in [4.69, 9.17) is 4.43 Å². The van der Waals surface area contributed by atoms with Crippen molar-refractivity contribution in [3.8, 4) is 11.8 Å². The van der Waals surface area contributed by atoms with Crippen LogP contribution in [0.3, 0.4) is 0 Å². The molecular formula is C17H28O3Si. The molecule has 118 valence electrons. The van der Waals surface area contributed by atoms with Crippen molar-refractivity contribution in [3.05, 3.63) is 11.6 Å². The summed E-state index contributed by atoms with van der Waals surface area (Å²) < 4.78 is 6.34. The molecular weight excluding hydrogens is 280 g/mol. The summed E-state index contributed by atoms with van der Waals surface area (Å²) in [5.74, 6) is 5.36. The van der Waals surface area contributed by atoms with Crippen LogP contribution >= 0.6 is 0 Å². The minimum absolute atomic E-state index is 0.142. The highest BCUT2D eigenvalue weighted by Crippen LogP contribution is 2.27. The molecule has 4 heteroatoms. The topological polar surface area (TPSA) is 43.4 Å². The smallest absolute Gasteiger partial charge is 0.194 e. The molecule has 0 saturated heterocycles. The zero-order valence-electron chi connectivity index (χ0n) is 14.4. The molecule has 0 amide bonds. The van der Waals surface area contributed by atoms with E-state index >= 15 is 0 Å². The summed E-state index contributed by atoms with van der Waals surface area (Å²) in [6, 6.07) is 3.19. The molecule has 0 N–H and O–H groups in total. The van der Waals surface area contributed by atoms with Gasteiger partial charge in [-0.25, -0.2) is 0 Å². The highest BCUT2D eigenvalue weighted by molar-refractivity contribution is 6.73.